The molecule has 1 aromatic heterocycles. The van der Waals surface area contributed by atoms with Crippen molar-refractivity contribution in [2.75, 3.05) is 26.2 Å². The third-order valence-corrected chi connectivity index (χ3v) is 6.79. The van der Waals surface area contributed by atoms with Crippen LogP contribution in [-0.2, 0) is 9.59 Å². The molecule has 3 N–H and O–H groups in total. The van der Waals surface area contributed by atoms with Crippen LogP contribution in [0.25, 0.3) is 11.0 Å². The molecular weight excluding hydrogens is 462 g/mol. The van der Waals surface area contributed by atoms with Crippen LogP contribution in [0.2, 0.25) is 0 Å². The smallest absolute Gasteiger partial charge is 0.328 e. The van der Waals surface area contributed by atoms with Gasteiger partial charge >= 0.3 is 17.6 Å². The van der Waals surface area contributed by atoms with Crippen LogP contribution in [0.5, 0.6) is 5.75 Å². The molecule has 0 bridgehead atoms. The van der Waals surface area contributed by atoms with Crippen LogP contribution in [0, 0.1) is 0 Å². The lowest BCUT2D eigenvalue weighted by atomic mass is 9.90. The minimum Gasteiger partial charge on any atom is -0.493 e. The van der Waals surface area contributed by atoms with E-state index in [0.29, 0.717) is 24.1 Å². The fraction of sp³-hybridized carbons (Fsp3) is 0.370. The molecule has 3 heterocycles. The van der Waals surface area contributed by atoms with Crippen molar-refractivity contribution in [3.8, 4) is 5.75 Å². The third-order valence-electron chi connectivity index (χ3n) is 6.79. The number of ether oxygens (including phenoxy) is 1. The lowest BCUT2D eigenvalue weighted by Gasteiger charge is -2.34. The number of aromatic amines is 1. The SMILES string of the molecule is O=C(O)C=CC(=O)O.O=c1[nH]c2ccccc2n1C1CCN(CCC2CCOc3ccccc32)CC1. The normalized spacial score (nSPS) is 18.3. The van der Waals surface area contributed by atoms with Gasteiger partial charge in [-0.1, -0.05) is 30.3 Å². The Labute approximate surface area is 208 Å². The minimum atomic E-state index is -1.26. The summed E-state index contributed by atoms with van der Waals surface area (Å²) in [4.78, 5) is 37.1. The first kappa shape index (κ1) is 25.2. The van der Waals surface area contributed by atoms with Crippen molar-refractivity contribution in [3.63, 3.8) is 0 Å². The number of fused-ring (bicyclic) bond motifs is 2. The average molecular weight is 494 g/mol. The zero-order valence-electron chi connectivity index (χ0n) is 20.0. The van der Waals surface area contributed by atoms with Gasteiger partial charge in [0.25, 0.3) is 0 Å². The maximum absolute atomic E-state index is 12.5. The molecule has 9 nitrogen and oxygen atoms in total. The summed E-state index contributed by atoms with van der Waals surface area (Å²) in [6.45, 7) is 4.06. The molecule has 0 amide bonds. The molecule has 0 spiro atoms. The van der Waals surface area contributed by atoms with Crippen molar-refractivity contribution >= 4 is 23.0 Å². The number of carboxylic acid groups (broad SMARTS) is 2. The van der Waals surface area contributed by atoms with Gasteiger partial charge in [0.05, 0.1) is 17.6 Å². The number of benzene rings is 2. The Bertz CT molecular complexity index is 1270. The standard InChI is InChI=1S/C23H27N3O2.C4H4O4/c27-23-24-20-6-2-3-7-21(20)26(23)18-10-14-25(15-11-18)13-9-17-12-16-28-22-8-4-1-5-19(17)22;5-3(6)1-2-4(7)8/h1-8,17-18H,9-16H2,(H,24,27);1-2H,(H,5,6)(H,7,8). The number of nitrogens with one attached hydrogen (secondary N) is 1. The van der Waals surface area contributed by atoms with Gasteiger partial charge in [-0.25, -0.2) is 14.4 Å². The predicted octanol–water partition coefficient (Wildman–Crippen LogP) is 3.63. The van der Waals surface area contributed by atoms with Crippen molar-refractivity contribution in [1.29, 1.82) is 0 Å². The maximum Gasteiger partial charge on any atom is 0.328 e. The Balaban J connectivity index is 0.000000331. The van der Waals surface area contributed by atoms with Crippen LogP contribution in [-0.4, -0.2) is 62.8 Å². The highest BCUT2D eigenvalue weighted by molar-refractivity contribution is 5.89. The number of hydrogen-bond donors (Lipinski definition) is 3. The van der Waals surface area contributed by atoms with E-state index in [0.717, 1.165) is 62.3 Å². The number of rotatable bonds is 6. The number of hydrogen-bond acceptors (Lipinski definition) is 5. The van der Waals surface area contributed by atoms with Crippen LogP contribution >= 0.6 is 0 Å². The summed E-state index contributed by atoms with van der Waals surface area (Å²) in [5.74, 6) is -0.852. The molecule has 0 radical (unpaired) electrons. The number of imidazole rings is 1. The van der Waals surface area contributed by atoms with Gasteiger partial charge in [-0.2, -0.15) is 0 Å². The third kappa shape index (κ3) is 6.23. The molecule has 5 rings (SSSR count). The van der Waals surface area contributed by atoms with Gasteiger partial charge in [-0.15, -0.1) is 0 Å². The van der Waals surface area contributed by atoms with E-state index in [1.165, 1.54) is 12.0 Å². The topological polar surface area (TPSA) is 125 Å². The highest BCUT2D eigenvalue weighted by Gasteiger charge is 2.25. The lowest BCUT2D eigenvalue weighted by molar-refractivity contribution is -0.134. The van der Waals surface area contributed by atoms with Crippen molar-refractivity contribution in [3.05, 3.63) is 76.7 Å². The summed E-state index contributed by atoms with van der Waals surface area (Å²) in [5.41, 5.74) is 3.37. The Kier molecular flexibility index (Phi) is 8.22. The molecule has 36 heavy (non-hydrogen) atoms. The number of para-hydroxylation sites is 3. The molecule has 2 aliphatic rings. The van der Waals surface area contributed by atoms with Crippen molar-refractivity contribution in [1.82, 2.24) is 14.5 Å². The Morgan fingerprint density at radius 2 is 1.64 bits per heavy atom. The number of carboxylic acids is 2. The second kappa shape index (κ2) is 11.7. The lowest BCUT2D eigenvalue weighted by Crippen LogP contribution is -2.38. The van der Waals surface area contributed by atoms with Gasteiger partial charge in [0.15, 0.2) is 0 Å². The number of piperidine rings is 1. The zero-order valence-corrected chi connectivity index (χ0v) is 20.0. The number of H-pyrrole nitrogens is 1. The molecular formula is C27H31N3O6. The second-order valence-corrected chi connectivity index (χ2v) is 9.06. The molecule has 1 saturated heterocycles. The van der Waals surface area contributed by atoms with Gasteiger partial charge in [0.2, 0.25) is 0 Å². The summed E-state index contributed by atoms with van der Waals surface area (Å²) in [7, 11) is 0. The van der Waals surface area contributed by atoms with Gasteiger partial charge in [0, 0.05) is 31.3 Å². The maximum atomic E-state index is 12.5. The van der Waals surface area contributed by atoms with E-state index in [9.17, 15) is 14.4 Å². The molecule has 1 unspecified atom stereocenters. The van der Waals surface area contributed by atoms with Crippen molar-refractivity contribution in [2.45, 2.75) is 37.6 Å². The molecule has 2 aromatic carbocycles. The van der Waals surface area contributed by atoms with E-state index in [1.54, 1.807) is 0 Å². The number of aliphatic carboxylic acids is 2. The highest BCUT2D eigenvalue weighted by atomic mass is 16.5. The van der Waals surface area contributed by atoms with Gasteiger partial charge in [-0.05, 0) is 61.9 Å². The summed E-state index contributed by atoms with van der Waals surface area (Å²) < 4.78 is 7.77. The first-order valence-electron chi connectivity index (χ1n) is 12.2. The van der Waals surface area contributed by atoms with Crippen molar-refractivity contribution < 1.29 is 24.5 Å². The molecule has 1 atom stereocenters. The fourth-order valence-electron chi connectivity index (χ4n) is 5.03. The van der Waals surface area contributed by atoms with Gasteiger partial charge in [0.1, 0.15) is 5.75 Å². The highest BCUT2D eigenvalue weighted by Crippen LogP contribution is 2.36. The van der Waals surface area contributed by atoms with E-state index in [1.807, 2.05) is 28.8 Å². The Morgan fingerprint density at radius 1 is 0.972 bits per heavy atom. The van der Waals surface area contributed by atoms with Crippen LogP contribution in [0.1, 0.15) is 43.2 Å². The first-order valence-corrected chi connectivity index (χ1v) is 12.2. The largest absolute Gasteiger partial charge is 0.493 e. The second-order valence-electron chi connectivity index (χ2n) is 9.06. The Morgan fingerprint density at radius 3 is 2.36 bits per heavy atom. The predicted molar refractivity (Wildman–Crippen MR) is 136 cm³/mol. The minimum absolute atomic E-state index is 0.0264. The summed E-state index contributed by atoms with van der Waals surface area (Å²) in [6.07, 6.45) is 5.47. The van der Waals surface area contributed by atoms with Crippen LogP contribution < -0.4 is 10.4 Å². The van der Waals surface area contributed by atoms with E-state index in [-0.39, 0.29) is 5.69 Å². The molecule has 1 fully saturated rings. The van der Waals surface area contributed by atoms with Crippen molar-refractivity contribution in [2.24, 2.45) is 0 Å². The monoisotopic (exact) mass is 493 g/mol. The Hall–Kier alpha value is -3.85. The summed E-state index contributed by atoms with van der Waals surface area (Å²) >= 11 is 0. The first-order chi connectivity index (χ1) is 17.4. The molecule has 0 saturated carbocycles. The number of nitrogens with zero attached hydrogens (tertiary/aromatic N) is 2. The quantitative estimate of drug-likeness (QED) is 0.448. The molecule has 3 aromatic rings. The number of carbonyl (C=O) groups is 2. The van der Waals surface area contributed by atoms with Crippen LogP contribution in [0.3, 0.4) is 0 Å². The van der Waals surface area contributed by atoms with Gasteiger partial charge in [-0.3, -0.25) is 4.57 Å². The van der Waals surface area contributed by atoms with E-state index < -0.39 is 11.9 Å². The number of aromatic nitrogens is 2. The van der Waals surface area contributed by atoms with Crippen LogP contribution in [0.4, 0.5) is 0 Å². The fourth-order valence-corrected chi connectivity index (χ4v) is 5.03. The number of likely N-dealkylation sites (tertiary alicyclic amines) is 1. The summed E-state index contributed by atoms with van der Waals surface area (Å²) in [6, 6.07) is 16.8. The van der Waals surface area contributed by atoms with Gasteiger partial charge < -0.3 is 24.8 Å². The molecule has 0 aliphatic carbocycles. The summed E-state index contributed by atoms with van der Waals surface area (Å²) in [5, 5.41) is 15.6. The molecule has 2 aliphatic heterocycles. The van der Waals surface area contributed by atoms with Crippen LogP contribution in [0.15, 0.2) is 65.5 Å². The van der Waals surface area contributed by atoms with E-state index >= 15 is 0 Å². The van der Waals surface area contributed by atoms with E-state index in [2.05, 4.69) is 34.1 Å². The average Bonchev–Trinajstić information content (AvgIpc) is 3.22. The zero-order chi connectivity index (χ0) is 25.5. The van der Waals surface area contributed by atoms with E-state index in [4.69, 9.17) is 14.9 Å². The molecule has 9 heteroatoms. The molecule has 190 valence electrons.